The second-order valence-electron chi connectivity index (χ2n) is 3.09. The number of esters is 1. The topological polar surface area (TPSA) is 78.8 Å². The van der Waals surface area contributed by atoms with E-state index in [9.17, 15) is 9.90 Å². The molecule has 0 amide bonds. The standard InChI is InChI=1S/C10H13NO4/c1-6(10(14)15-2)11-7-3-4-8(12)9(13)5-7/h3-6,11-13H,1-2H3. The van der Waals surface area contributed by atoms with Crippen LogP contribution in [0.1, 0.15) is 6.92 Å². The van der Waals surface area contributed by atoms with E-state index in [1.54, 1.807) is 13.0 Å². The Morgan fingerprint density at radius 1 is 1.40 bits per heavy atom. The molecule has 5 heteroatoms. The number of phenolic OH excluding ortho intramolecular Hbond substituents is 2. The number of nitrogens with one attached hydrogen (secondary N) is 1. The molecule has 0 bridgehead atoms. The number of methoxy groups -OCH3 is 1. The molecule has 1 rings (SSSR count). The summed E-state index contributed by atoms with van der Waals surface area (Å²) < 4.78 is 4.52. The van der Waals surface area contributed by atoms with Crippen LogP contribution in [0.3, 0.4) is 0 Å². The number of ether oxygens (including phenoxy) is 1. The Labute approximate surface area is 87.3 Å². The number of carbonyl (C=O) groups is 1. The zero-order valence-corrected chi connectivity index (χ0v) is 8.52. The summed E-state index contributed by atoms with van der Waals surface area (Å²) >= 11 is 0. The fraction of sp³-hybridized carbons (Fsp3) is 0.300. The lowest BCUT2D eigenvalue weighted by Gasteiger charge is -2.13. The Kier molecular flexibility index (Phi) is 3.38. The highest BCUT2D eigenvalue weighted by Crippen LogP contribution is 2.27. The number of benzene rings is 1. The minimum absolute atomic E-state index is 0.203. The first kappa shape index (κ1) is 11.2. The first-order chi connectivity index (χ1) is 7.04. The fourth-order valence-electron chi connectivity index (χ4n) is 1.10. The summed E-state index contributed by atoms with van der Waals surface area (Å²) in [6, 6.07) is 3.70. The normalized spacial score (nSPS) is 11.9. The van der Waals surface area contributed by atoms with Crippen LogP contribution in [0.5, 0.6) is 11.5 Å². The van der Waals surface area contributed by atoms with Gasteiger partial charge in [-0.2, -0.15) is 0 Å². The highest BCUT2D eigenvalue weighted by atomic mass is 16.5. The van der Waals surface area contributed by atoms with Crippen LogP contribution >= 0.6 is 0 Å². The summed E-state index contributed by atoms with van der Waals surface area (Å²) in [6.45, 7) is 1.63. The predicted molar refractivity (Wildman–Crippen MR) is 54.9 cm³/mol. The molecule has 0 aromatic heterocycles. The molecule has 3 N–H and O–H groups in total. The number of hydrogen-bond donors (Lipinski definition) is 3. The predicted octanol–water partition coefficient (Wildman–Crippen LogP) is 1.07. The maximum Gasteiger partial charge on any atom is 0.327 e. The van der Waals surface area contributed by atoms with Crippen LogP contribution in [0, 0.1) is 0 Å². The van der Waals surface area contributed by atoms with Gasteiger partial charge in [0.05, 0.1) is 7.11 Å². The van der Waals surface area contributed by atoms with Gasteiger partial charge in [-0.3, -0.25) is 0 Å². The molecule has 0 saturated carbocycles. The van der Waals surface area contributed by atoms with Crippen molar-refractivity contribution < 1.29 is 19.7 Å². The van der Waals surface area contributed by atoms with Crippen LogP contribution in [-0.2, 0) is 9.53 Å². The lowest BCUT2D eigenvalue weighted by molar-refractivity contribution is -0.141. The average Bonchev–Trinajstić information content (AvgIpc) is 2.22. The van der Waals surface area contributed by atoms with Gasteiger partial charge in [-0.25, -0.2) is 4.79 Å². The number of carbonyl (C=O) groups excluding carboxylic acids is 1. The second-order valence-corrected chi connectivity index (χ2v) is 3.09. The maximum absolute atomic E-state index is 11.1. The van der Waals surface area contributed by atoms with Crippen LogP contribution < -0.4 is 5.32 Å². The molecule has 0 aliphatic rings. The molecular weight excluding hydrogens is 198 g/mol. The van der Waals surface area contributed by atoms with Gasteiger partial charge in [0.1, 0.15) is 6.04 Å². The van der Waals surface area contributed by atoms with E-state index in [0.29, 0.717) is 5.69 Å². The summed E-state index contributed by atoms with van der Waals surface area (Å²) in [5.74, 6) is -0.842. The molecule has 0 saturated heterocycles. The van der Waals surface area contributed by atoms with Crippen LogP contribution in [0.2, 0.25) is 0 Å². The Bertz CT molecular complexity index is 364. The van der Waals surface area contributed by atoms with E-state index in [-0.39, 0.29) is 11.5 Å². The third kappa shape index (κ3) is 2.77. The molecule has 0 radical (unpaired) electrons. The van der Waals surface area contributed by atoms with E-state index in [1.807, 2.05) is 0 Å². The minimum atomic E-state index is -0.515. The van der Waals surface area contributed by atoms with E-state index in [2.05, 4.69) is 10.1 Å². The van der Waals surface area contributed by atoms with Crippen molar-refractivity contribution in [2.75, 3.05) is 12.4 Å². The van der Waals surface area contributed by atoms with Crippen LogP contribution in [0.4, 0.5) is 5.69 Å². The molecule has 0 fully saturated rings. The minimum Gasteiger partial charge on any atom is -0.504 e. The summed E-state index contributed by atoms with van der Waals surface area (Å²) in [5.41, 5.74) is 0.531. The smallest absolute Gasteiger partial charge is 0.327 e. The lowest BCUT2D eigenvalue weighted by atomic mass is 10.2. The van der Waals surface area contributed by atoms with Crippen LogP contribution in [0.25, 0.3) is 0 Å². The molecule has 1 aromatic carbocycles. The van der Waals surface area contributed by atoms with Gasteiger partial charge >= 0.3 is 5.97 Å². The Hall–Kier alpha value is -1.91. The molecule has 0 aliphatic heterocycles. The van der Waals surface area contributed by atoms with Gasteiger partial charge in [0, 0.05) is 11.8 Å². The molecule has 82 valence electrons. The second kappa shape index (κ2) is 4.54. The Balaban J connectivity index is 2.73. The SMILES string of the molecule is COC(=O)C(C)Nc1ccc(O)c(O)c1. The van der Waals surface area contributed by atoms with Crippen molar-refractivity contribution in [1.29, 1.82) is 0 Å². The van der Waals surface area contributed by atoms with Crippen molar-refractivity contribution in [2.45, 2.75) is 13.0 Å². The first-order valence-electron chi connectivity index (χ1n) is 4.41. The summed E-state index contributed by atoms with van der Waals surface area (Å²) in [6.07, 6.45) is 0. The van der Waals surface area contributed by atoms with E-state index in [1.165, 1.54) is 19.2 Å². The molecule has 1 atom stereocenters. The van der Waals surface area contributed by atoms with E-state index in [4.69, 9.17) is 5.11 Å². The maximum atomic E-state index is 11.1. The highest BCUT2D eigenvalue weighted by Gasteiger charge is 2.12. The van der Waals surface area contributed by atoms with Gasteiger partial charge in [-0.1, -0.05) is 0 Å². The van der Waals surface area contributed by atoms with Gasteiger partial charge in [0.25, 0.3) is 0 Å². The monoisotopic (exact) mass is 211 g/mol. The average molecular weight is 211 g/mol. The molecule has 0 aliphatic carbocycles. The number of anilines is 1. The van der Waals surface area contributed by atoms with Crippen molar-refractivity contribution in [2.24, 2.45) is 0 Å². The molecule has 15 heavy (non-hydrogen) atoms. The highest BCUT2D eigenvalue weighted by molar-refractivity contribution is 5.78. The van der Waals surface area contributed by atoms with E-state index < -0.39 is 12.0 Å². The van der Waals surface area contributed by atoms with Gasteiger partial charge in [0.15, 0.2) is 11.5 Å². The molecule has 5 nitrogen and oxygen atoms in total. The Morgan fingerprint density at radius 2 is 2.07 bits per heavy atom. The van der Waals surface area contributed by atoms with Crippen LogP contribution in [-0.4, -0.2) is 29.3 Å². The van der Waals surface area contributed by atoms with Gasteiger partial charge in [-0.05, 0) is 19.1 Å². The quantitative estimate of drug-likeness (QED) is 0.396. The number of rotatable bonds is 3. The molecule has 1 unspecified atom stereocenters. The Morgan fingerprint density at radius 3 is 2.60 bits per heavy atom. The number of aromatic hydroxyl groups is 2. The summed E-state index contributed by atoms with van der Waals surface area (Å²) in [7, 11) is 1.30. The number of phenols is 2. The fourth-order valence-corrected chi connectivity index (χ4v) is 1.10. The molecular formula is C10H13NO4. The molecule has 0 spiro atoms. The van der Waals surface area contributed by atoms with Crippen LogP contribution in [0.15, 0.2) is 18.2 Å². The summed E-state index contributed by atoms with van der Waals surface area (Å²) in [5, 5.41) is 21.1. The zero-order valence-electron chi connectivity index (χ0n) is 8.52. The van der Waals surface area contributed by atoms with Gasteiger partial charge < -0.3 is 20.3 Å². The third-order valence-corrected chi connectivity index (χ3v) is 1.91. The third-order valence-electron chi connectivity index (χ3n) is 1.91. The number of hydrogen-bond acceptors (Lipinski definition) is 5. The van der Waals surface area contributed by atoms with Crippen molar-refractivity contribution in [1.82, 2.24) is 0 Å². The van der Waals surface area contributed by atoms with E-state index in [0.717, 1.165) is 0 Å². The van der Waals surface area contributed by atoms with Crippen molar-refractivity contribution in [3.8, 4) is 11.5 Å². The lowest BCUT2D eigenvalue weighted by Crippen LogP contribution is -2.27. The molecule has 0 heterocycles. The van der Waals surface area contributed by atoms with Crippen molar-refractivity contribution in [3.05, 3.63) is 18.2 Å². The first-order valence-corrected chi connectivity index (χ1v) is 4.41. The zero-order chi connectivity index (χ0) is 11.4. The van der Waals surface area contributed by atoms with Crippen molar-refractivity contribution in [3.63, 3.8) is 0 Å². The van der Waals surface area contributed by atoms with Crippen molar-refractivity contribution >= 4 is 11.7 Å². The largest absolute Gasteiger partial charge is 0.504 e. The summed E-state index contributed by atoms with van der Waals surface area (Å²) in [4.78, 5) is 11.1. The van der Waals surface area contributed by atoms with Gasteiger partial charge in [0.2, 0.25) is 0 Å². The molecule has 1 aromatic rings. The van der Waals surface area contributed by atoms with E-state index >= 15 is 0 Å². The van der Waals surface area contributed by atoms with Gasteiger partial charge in [-0.15, -0.1) is 0 Å².